The quantitative estimate of drug-likeness (QED) is 0.331. The largest absolute Gasteiger partial charge is 0.409 e. The molecular weight excluding hydrogens is 290 g/mol. The van der Waals surface area contributed by atoms with E-state index < -0.39 is 0 Å². The van der Waals surface area contributed by atoms with Gasteiger partial charge in [0.2, 0.25) is 0 Å². The fraction of sp³-hybridized carbons (Fsp3) is 0.231. The van der Waals surface area contributed by atoms with Gasteiger partial charge in [-0.2, -0.15) is 0 Å². The van der Waals surface area contributed by atoms with Crippen LogP contribution in [0.4, 0.5) is 0 Å². The van der Waals surface area contributed by atoms with Gasteiger partial charge in [0, 0.05) is 12.1 Å². The Morgan fingerprint density at radius 2 is 2.14 bits per heavy atom. The maximum atomic E-state index is 12.0. The number of nitrogens with one attached hydrogen (secondary N) is 1. The third kappa shape index (κ3) is 3.54. The van der Waals surface area contributed by atoms with E-state index in [2.05, 4.69) is 20.1 Å². The predicted octanol–water partition coefficient (Wildman–Crippen LogP) is 1.12. The number of carbonyl (C=O) groups excluding carboxylic acids is 1. The third-order valence-electron chi connectivity index (χ3n) is 2.91. The molecule has 1 aromatic carbocycles. The van der Waals surface area contributed by atoms with E-state index in [9.17, 15) is 4.79 Å². The summed E-state index contributed by atoms with van der Waals surface area (Å²) in [5.41, 5.74) is 7.72. The molecule has 2 aromatic rings. The number of rotatable bonds is 5. The third-order valence-corrected chi connectivity index (χ3v) is 3.67. The molecule has 110 valence electrons. The number of aryl methyl sites for hydroxylation is 1. The highest BCUT2D eigenvalue weighted by Gasteiger charge is 2.14. The molecule has 7 nitrogen and oxygen atoms in total. The topological polar surface area (TPSA) is 113 Å². The Morgan fingerprint density at radius 1 is 1.43 bits per heavy atom. The fourth-order valence-electron chi connectivity index (χ4n) is 1.73. The minimum absolute atomic E-state index is 0.0499. The second-order valence-corrected chi connectivity index (χ2v) is 5.02. The van der Waals surface area contributed by atoms with Gasteiger partial charge in [0.15, 0.2) is 5.84 Å². The van der Waals surface area contributed by atoms with Gasteiger partial charge in [-0.05, 0) is 23.5 Å². The van der Waals surface area contributed by atoms with Crippen molar-refractivity contribution in [3.63, 3.8) is 0 Å². The van der Waals surface area contributed by atoms with E-state index >= 15 is 0 Å². The molecule has 0 aliphatic heterocycles. The summed E-state index contributed by atoms with van der Waals surface area (Å²) >= 11 is 1.09. The summed E-state index contributed by atoms with van der Waals surface area (Å²) in [4.78, 5) is 12.6. The Kier molecular flexibility index (Phi) is 4.83. The Balaban J connectivity index is 1.98. The zero-order valence-corrected chi connectivity index (χ0v) is 12.2. The first-order chi connectivity index (χ1) is 10.2. The maximum Gasteiger partial charge on any atom is 0.265 e. The van der Waals surface area contributed by atoms with Crippen LogP contribution in [0.3, 0.4) is 0 Å². The van der Waals surface area contributed by atoms with Crippen LogP contribution in [-0.4, -0.2) is 26.5 Å². The van der Waals surface area contributed by atoms with Crippen molar-refractivity contribution in [3.05, 3.63) is 46.0 Å². The van der Waals surface area contributed by atoms with E-state index in [4.69, 9.17) is 10.9 Å². The second-order valence-electron chi connectivity index (χ2n) is 4.27. The SMILES string of the molecule is CCc1nnsc1C(=O)NCc1ccc(C(N)=NO)cc1. The summed E-state index contributed by atoms with van der Waals surface area (Å²) in [6.07, 6.45) is 0.674. The number of carbonyl (C=O) groups is 1. The number of benzene rings is 1. The van der Waals surface area contributed by atoms with Crippen LogP contribution in [0.25, 0.3) is 0 Å². The molecule has 0 atom stereocenters. The van der Waals surface area contributed by atoms with Crippen LogP contribution in [0.1, 0.15) is 33.4 Å². The Labute approximate surface area is 125 Å². The lowest BCUT2D eigenvalue weighted by molar-refractivity contribution is 0.0954. The van der Waals surface area contributed by atoms with Gasteiger partial charge in [0.1, 0.15) is 4.88 Å². The summed E-state index contributed by atoms with van der Waals surface area (Å²) in [6, 6.07) is 7.06. The molecule has 1 amide bonds. The van der Waals surface area contributed by atoms with Gasteiger partial charge < -0.3 is 16.3 Å². The van der Waals surface area contributed by atoms with Crippen LogP contribution in [-0.2, 0) is 13.0 Å². The number of oxime groups is 1. The van der Waals surface area contributed by atoms with Crippen LogP contribution < -0.4 is 11.1 Å². The Hall–Kier alpha value is -2.48. The number of amidine groups is 1. The van der Waals surface area contributed by atoms with Crippen molar-refractivity contribution in [1.29, 1.82) is 0 Å². The molecule has 0 saturated carbocycles. The highest BCUT2D eigenvalue weighted by Crippen LogP contribution is 2.11. The molecule has 8 heteroatoms. The zero-order valence-electron chi connectivity index (χ0n) is 11.4. The first kappa shape index (κ1) is 14.9. The molecule has 0 fully saturated rings. The normalized spacial score (nSPS) is 11.4. The molecule has 0 aliphatic carbocycles. The average molecular weight is 305 g/mol. The summed E-state index contributed by atoms with van der Waals surface area (Å²) in [5, 5.41) is 18.2. The van der Waals surface area contributed by atoms with Gasteiger partial charge in [0.25, 0.3) is 5.91 Å². The van der Waals surface area contributed by atoms with E-state index in [1.54, 1.807) is 24.3 Å². The molecule has 0 spiro atoms. The highest BCUT2D eigenvalue weighted by molar-refractivity contribution is 7.08. The first-order valence-electron chi connectivity index (χ1n) is 6.32. The summed E-state index contributed by atoms with van der Waals surface area (Å²) in [7, 11) is 0. The van der Waals surface area contributed by atoms with E-state index in [-0.39, 0.29) is 11.7 Å². The lowest BCUT2D eigenvalue weighted by Crippen LogP contribution is -2.23. The minimum atomic E-state index is -0.178. The van der Waals surface area contributed by atoms with Crippen molar-refractivity contribution in [2.45, 2.75) is 19.9 Å². The number of aromatic nitrogens is 2. The Bertz CT molecular complexity index is 651. The van der Waals surface area contributed by atoms with Crippen molar-refractivity contribution < 1.29 is 10.0 Å². The number of amides is 1. The number of nitrogens with two attached hydrogens (primary N) is 1. The van der Waals surface area contributed by atoms with E-state index in [0.717, 1.165) is 17.1 Å². The summed E-state index contributed by atoms with van der Waals surface area (Å²) < 4.78 is 3.79. The van der Waals surface area contributed by atoms with Gasteiger partial charge in [-0.25, -0.2) is 0 Å². The van der Waals surface area contributed by atoms with Crippen molar-refractivity contribution in [2.24, 2.45) is 10.9 Å². The van der Waals surface area contributed by atoms with Gasteiger partial charge in [-0.1, -0.05) is 40.8 Å². The van der Waals surface area contributed by atoms with Gasteiger partial charge in [-0.15, -0.1) is 5.10 Å². The molecule has 0 radical (unpaired) electrons. The predicted molar refractivity (Wildman–Crippen MR) is 79.4 cm³/mol. The van der Waals surface area contributed by atoms with Crippen LogP contribution in [0.2, 0.25) is 0 Å². The van der Waals surface area contributed by atoms with E-state index in [1.165, 1.54) is 0 Å². The van der Waals surface area contributed by atoms with Gasteiger partial charge >= 0.3 is 0 Å². The van der Waals surface area contributed by atoms with Crippen molar-refractivity contribution in [3.8, 4) is 0 Å². The molecule has 1 heterocycles. The summed E-state index contributed by atoms with van der Waals surface area (Å²) in [5.74, 6) is -0.128. The lowest BCUT2D eigenvalue weighted by Gasteiger charge is -2.05. The summed E-state index contributed by atoms with van der Waals surface area (Å²) in [6.45, 7) is 2.32. The molecule has 4 N–H and O–H groups in total. The zero-order chi connectivity index (χ0) is 15.2. The molecular formula is C13H15N5O2S. The number of nitrogens with zero attached hydrogens (tertiary/aromatic N) is 3. The van der Waals surface area contributed by atoms with Crippen LogP contribution in [0.5, 0.6) is 0 Å². The van der Waals surface area contributed by atoms with E-state index in [0.29, 0.717) is 29.1 Å². The monoisotopic (exact) mass is 305 g/mol. The lowest BCUT2D eigenvalue weighted by atomic mass is 10.1. The molecule has 0 unspecified atom stereocenters. The van der Waals surface area contributed by atoms with Gasteiger partial charge in [-0.3, -0.25) is 4.79 Å². The standard InChI is InChI=1S/C13H15N5O2S/c1-2-10-11(21-18-16-10)13(19)15-7-8-3-5-9(6-4-8)12(14)17-20/h3-6,20H,2,7H2,1H3,(H2,14,17)(H,15,19). The number of hydrogen-bond acceptors (Lipinski definition) is 6. The molecule has 0 aliphatic rings. The van der Waals surface area contributed by atoms with Gasteiger partial charge in [0.05, 0.1) is 5.69 Å². The van der Waals surface area contributed by atoms with Crippen LogP contribution >= 0.6 is 11.5 Å². The minimum Gasteiger partial charge on any atom is -0.409 e. The molecule has 1 aromatic heterocycles. The van der Waals surface area contributed by atoms with E-state index in [1.807, 2.05) is 6.92 Å². The molecule has 0 saturated heterocycles. The number of hydrogen-bond donors (Lipinski definition) is 3. The van der Waals surface area contributed by atoms with Crippen molar-refractivity contribution in [2.75, 3.05) is 0 Å². The first-order valence-corrected chi connectivity index (χ1v) is 7.09. The van der Waals surface area contributed by atoms with Crippen LogP contribution in [0.15, 0.2) is 29.4 Å². The fourth-order valence-corrected chi connectivity index (χ4v) is 2.39. The van der Waals surface area contributed by atoms with Crippen molar-refractivity contribution in [1.82, 2.24) is 14.9 Å². The Morgan fingerprint density at radius 3 is 2.76 bits per heavy atom. The molecule has 21 heavy (non-hydrogen) atoms. The second kappa shape index (κ2) is 6.80. The highest BCUT2D eigenvalue weighted by atomic mass is 32.1. The average Bonchev–Trinajstić information content (AvgIpc) is 3.01. The van der Waals surface area contributed by atoms with Crippen molar-refractivity contribution >= 4 is 23.3 Å². The molecule has 2 rings (SSSR count). The maximum absolute atomic E-state index is 12.0. The molecule has 0 bridgehead atoms. The van der Waals surface area contributed by atoms with Crippen LogP contribution in [0, 0.1) is 0 Å². The smallest absolute Gasteiger partial charge is 0.265 e.